The third kappa shape index (κ3) is 4.29. The Hall–Kier alpha value is -1.88. The van der Waals surface area contributed by atoms with Gasteiger partial charge in [-0.2, -0.15) is 0 Å². The van der Waals surface area contributed by atoms with Gasteiger partial charge in [0.2, 0.25) is 5.91 Å². The molecule has 1 aliphatic carbocycles. The SMILES string of the molecule is COC1(CC(=O)Nc2cccc(CCC(=O)O)c2)CCC1. The van der Waals surface area contributed by atoms with Crippen LogP contribution in [0.25, 0.3) is 0 Å². The summed E-state index contributed by atoms with van der Waals surface area (Å²) in [6.07, 6.45) is 3.87. The lowest BCUT2D eigenvalue weighted by molar-refractivity contribution is -0.137. The van der Waals surface area contributed by atoms with E-state index in [4.69, 9.17) is 9.84 Å². The van der Waals surface area contributed by atoms with Crippen LogP contribution < -0.4 is 5.32 Å². The fourth-order valence-corrected chi connectivity index (χ4v) is 2.58. The molecule has 0 heterocycles. The van der Waals surface area contributed by atoms with Crippen LogP contribution in [-0.4, -0.2) is 29.7 Å². The van der Waals surface area contributed by atoms with Crippen LogP contribution in [0.1, 0.15) is 37.7 Å². The molecule has 1 aromatic rings. The number of hydrogen-bond acceptors (Lipinski definition) is 3. The van der Waals surface area contributed by atoms with E-state index < -0.39 is 5.97 Å². The summed E-state index contributed by atoms with van der Waals surface area (Å²) < 4.78 is 5.44. The molecule has 0 spiro atoms. The molecular weight excluding hydrogens is 270 g/mol. The molecule has 0 aliphatic heterocycles. The van der Waals surface area contributed by atoms with Gasteiger partial charge in [-0.05, 0) is 43.4 Å². The van der Waals surface area contributed by atoms with E-state index in [1.807, 2.05) is 24.3 Å². The lowest BCUT2D eigenvalue weighted by Crippen LogP contribution is -2.42. The molecule has 5 nitrogen and oxygen atoms in total. The molecule has 1 fully saturated rings. The van der Waals surface area contributed by atoms with Gasteiger partial charge in [-0.1, -0.05) is 12.1 Å². The predicted octanol–water partition coefficient (Wildman–Crippen LogP) is 2.60. The fourth-order valence-electron chi connectivity index (χ4n) is 2.58. The number of aryl methyl sites for hydroxylation is 1. The second kappa shape index (κ2) is 6.72. The van der Waals surface area contributed by atoms with Crippen molar-refractivity contribution in [3.05, 3.63) is 29.8 Å². The molecule has 0 unspecified atom stereocenters. The van der Waals surface area contributed by atoms with Gasteiger partial charge in [0, 0.05) is 19.2 Å². The highest BCUT2D eigenvalue weighted by molar-refractivity contribution is 5.91. The third-order valence-corrected chi connectivity index (χ3v) is 4.02. The zero-order valence-electron chi connectivity index (χ0n) is 12.2. The van der Waals surface area contributed by atoms with Crippen molar-refractivity contribution in [1.82, 2.24) is 0 Å². The Bertz CT molecular complexity index is 517. The smallest absolute Gasteiger partial charge is 0.303 e. The van der Waals surface area contributed by atoms with Crippen molar-refractivity contribution >= 4 is 17.6 Å². The maximum atomic E-state index is 12.1. The first-order valence-corrected chi connectivity index (χ1v) is 7.19. The second-order valence-electron chi connectivity index (χ2n) is 5.56. The largest absolute Gasteiger partial charge is 0.481 e. The van der Waals surface area contributed by atoms with Crippen LogP contribution in [0.4, 0.5) is 5.69 Å². The van der Waals surface area contributed by atoms with E-state index in [9.17, 15) is 9.59 Å². The first-order valence-electron chi connectivity index (χ1n) is 7.19. The van der Waals surface area contributed by atoms with E-state index in [1.54, 1.807) is 7.11 Å². The number of aliphatic carboxylic acids is 1. The number of nitrogens with one attached hydrogen (secondary N) is 1. The Balaban J connectivity index is 1.91. The average Bonchev–Trinajstić information content (AvgIpc) is 2.41. The van der Waals surface area contributed by atoms with Gasteiger partial charge < -0.3 is 15.2 Å². The molecular formula is C16H21NO4. The zero-order chi connectivity index (χ0) is 15.3. The fraction of sp³-hybridized carbons (Fsp3) is 0.500. The predicted molar refractivity (Wildman–Crippen MR) is 79.2 cm³/mol. The Morgan fingerprint density at radius 3 is 2.71 bits per heavy atom. The second-order valence-corrected chi connectivity index (χ2v) is 5.56. The highest BCUT2D eigenvalue weighted by atomic mass is 16.5. The van der Waals surface area contributed by atoms with Crippen molar-refractivity contribution in [3.8, 4) is 0 Å². The minimum Gasteiger partial charge on any atom is -0.481 e. The van der Waals surface area contributed by atoms with Crippen LogP contribution in [0.15, 0.2) is 24.3 Å². The van der Waals surface area contributed by atoms with E-state index in [-0.39, 0.29) is 17.9 Å². The van der Waals surface area contributed by atoms with Crippen LogP contribution in [0.2, 0.25) is 0 Å². The van der Waals surface area contributed by atoms with Crippen LogP contribution >= 0.6 is 0 Å². The number of carboxylic acid groups (broad SMARTS) is 1. The molecule has 1 aliphatic rings. The number of carbonyl (C=O) groups is 2. The molecule has 114 valence electrons. The van der Waals surface area contributed by atoms with E-state index in [1.165, 1.54) is 0 Å². The van der Waals surface area contributed by atoms with Gasteiger partial charge in [-0.3, -0.25) is 9.59 Å². The quantitative estimate of drug-likeness (QED) is 0.809. The molecule has 1 amide bonds. The van der Waals surface area contributed by atoms with Gasteiger partial charge in [-0.15, -0.1) is 0 Å². The summed E-state index contributed by atoms with van der Waals surface area (Å²) in [4.78, 5) is 22.7. The van der Waals surface area contributed by atoms with Crippen molar-refractivity contribution < 1.29 is 19.4 Å². The number of benzene rings is 1. The molecule has 2 N–H and O–H groups in total. The lowest BCUT2D eigenvalue weighted by Gasteiger charge is -2.39. The summed E-state index contributed by atoms with van der Waals surface area (Å²) in [5, 5.41) is 11.6. The van der Waals surface area contributed by atoms with Gasteiger partial charge in [0.05, 0.1) is 12.0 Å². The maximum absolute atomic E-state index is 12.1. The third-order valence-electron chi connectivity index (χ3n) is 4.02. The molecule has 1 saturated carbocycles. The molecule has 0 saturated heterocycles. The van der Waals surface area contributed by atoms with E-state index in [0.717, 1.165) is 24.8 Å². The van der Waals surface area contributed by atoms with Gasteiger partial charge in [-0.25, -0.2) is 0 Å². The minimum atomic E-state index is -0.823. The summed E-state index contributed by atoms with van der Waals surface area (Å²) in [5.74, 6) is -0.886. The molecule has 2 rings (SSSR count). The summed E-state index contributed by atoms with van der Waals surface area (Å²) in [6, 6.07) is 7.31. The first-order chi connectivity index (χ1) is 10.0. The van der Waals surface area contributed by atoms with Crippen molar-refractivity contribution in [1.29, 1.82) is 0 Å². The highest BCUT2D eigenvalue weighted by Gasteiger charge is 2.38. The van der Waals surface area contributed by atoms with Gasteiger partial charge in [0.1, 0.15) is 0 Å². The van der Waals surface area contributed by atoms with Crippen molar-refractivity contribution in [2.45, 2.75) is 44.1 Å². The molecule has 1 aromatic carbocycles. The summed E-state index contributed by atoms with van der Waals surface area (Å²) in [6.45, 7) is 0. The van der Waals surface area contributed by atoms with E-state index >= 15 is 0 Å². The van der Waals surface area contributed by atoms with Crippen molar-refractivity contribution in [2.24, 2.45) is 0 Å². The Morgan fingerprint density at radius 1 is 1.38 bits per heavy atom. The number of anilines is 1. The van der Waals surface area contributed by atoms with E-state index in [2.05, 4.69) is 5.32 Å². The number of amides is 1. The first kappa shape index (κ1) is 15.5. The number of ether oxygens (including phenoxy) is 1. The Kier molecular flexibility index (Phi) is 4.96. The normalized spacial score (nSPS) is 16.0. The number of rotatable bonds is 7. The number of methoxy groups -OCH3 is 1. The summed E-state index contributed by atoms with van der Waals surface area (Å²) >= 11 is 0. The lowest BCUT2D eigenvalue weighted by atomic mass is 9.77. The zero-order valence-corrected chi connectivity index (χ0v) is 12.2. The molecule has 0 atom stereocenters. The van der Waals surface area contributed by atoms with E-state index in [0.29, 0.717) is 18.5 Å². The molecule has 5 heteroatoms. The Labute approximate surface area is 124 Å². The van der Waals surface area contributed by atoms with Gasteiger partial charge in [0.25, 0.3) is 0 Å². The van der Waals surface area contributed by atoms with Crippen molar-refractivity contribution in [3.63, 3.8) is 0 Å². The van der Waals surface area contributed by atoms with Crippen LogP contribution in [0.3, 0.4) is 0 Å². The van der Waals surface area contributed by atoms with Crippen LogP contribution in [-0.2, 0) is 20.7 Å². The molecule has 0 radical (unpaired) electrons. The summed E-state index contributed by atoms with van der Waals surface area (Å²) in [5.41, 5.74) is 1.32. The Morgan fingerprint density at radius 2 is 2.14 bits per heavy atom. The number of carbonyl (C=O) groups excluding carboxylic acids is 1. The minimum absolute atomic E-state index is 0.0630. The number of hydrogen-bond donors (Lipinski definition) is 2. The van der Waals surface area contributed by atoms with Crippen LogP contribution in [0, 0.1) is 0 Å². The highest BCUT2D eigenvalue weighted by Crippen LogP contribution is 2.38. The maximum Gasteiger partial charge on any atom is 0.303 e. The average molecular weight is 291 g/mol. The van der Waals surface area contributed by atoms with Gasteiger partial charge in [0.15, 0.2) is 0 Å². The van der Waals surface area contributed by atoms with Crippen molar-refractivity contribution in [2.75, 3.05) is 12.4 Å². The topological polar surface area (TPSA) is 75.6 Å². The standard InChI is InChI=1S/C16H21NO4/c1-21-16(8-3-9-16)11-14(18)17-13-5-2-4-12(10-13)6-7-15(19)20/h2,4-5,10H,3,6-9,11H2,1H3,(H,17,18)(H,19,20). The molecule has 21 heavy (non-hydrogen) atoms. The molecule has 0 aromatic heterocycles. The molecule has 0 bridgehead atoms. The number of carboxylic acids is 1. The van der Waals surface area contributed by atoms with Gasteiger partial charge >= 0.3 is 5.97 Å². The monoisotopic (exact) mass is 291 g/mol. The van der Waals surface area contributed by atoms with Crippen LogP contribution in [0.5, 0.6) is 0 Å². The summed E-state index contributed by atoms with van der Waals surface area (Å²) in [7, 11) is 1.65.